The van der Waals surface area contributed by atoms with Crippen LogP contribution in [0.25, 0.3) is 27.9 Å². The van der Waals surface area contributed by atoms with Crippen LogP contribution in [0.3, 0.4) is 0 Å². The molecule has 0 radical (unpaired) electrons. The maximum absolute atomic E-state index is 12.9. The van der Waals surface area contributed by atoms with Crippen molar-refractivity contribution >= 4 is 34.0 Å². The number of phenols is 1. The number of rotatable bonds is 7. The molecule has 0 bridgehead atoms. The Morgan fingerprint density at radius 2 is 1.73 bits per heavy atom. The summed E-state index contributed by atoms with van der Waals surface area (Å²) in [5.41, 5.74) is 9.54. The van der Waals surface area contributed by atoms with Crippen LogP contribution in [-0.4, -0.2) is 32.2 Å². The Labute approximate surface area is 174 Å². The van der Waals surface area contributed by atoms with Gasteiger partial charge < -0.3 is 15.6 Å². The Morgan fingerprint density at radius 1 is 1.03 bits per heavy atom. The van der Waals surface area contributed by atoms with E-state index >= 15 is 0 Å². The molecule has 4 rings (SSSR count). The molecule has 4 aromatic rings. The predicted octanol–water partition coefficient (Wildman–Crippen LogP) is 4.60. The number of phenolic OH excluding ortho intramolecular Hbond substituents is 1. The molecule has 0 fully saturated rings. The fraction of sp³-hybridized carbons (Fsp3) is 0.261. The van der Waals surface area contributed by atoms with Crippen molar-refractivity contribution in [2.45, 2.75) is 32.6 Å². The van der Waals surface area contributed by atoms with E-state index < -0.39 is 5.97 Å². The van der Waals surface area contributed by atoms with E-state index in [0.29, 0.717) is 34.5 Å². The molecule has 0 aliphatic carbocycles. The van der Waals surface area contributed by atoms with E-state index in [1.165, 1.54) is 0 Å². The second-order valence-corrected chi connectivity index (χ2v) is 7.19. The van der Waals surface area contributed by atoms with Gasteiger partial charge in [-0.15, -0.1) is 0 Å². The number of hydrogen-bond acceptors (Lipinski definition) is 6. The first-order valence-electron chi connectivity index (χ1n) is 10.1. The van der Waals surface area contributed by atoms with Crippen molar-refractivity contribution < 1.29 is 14.6 Å². The number of aromatic hydroxyl groups is 1. The molecule has 0 atom stereocenters. The van der Waals surface area contributed by atoms with Crippen LogP contribution in [0.1, 0.15) is 43.0 Å². The number of para-hydroxylation sites is 2. The number of esters is 1. The minimum atomic E-state index is -0.504. The van der Waals surface area contributed by atoms with Gasteiger partial charge >= 0.3 is 5.97 Å². The number of fused-ring (bicyclic) bond motifs is 2. The van der Waals surface area contributed by atoms with Crippen molar-refractivity contribution in [1.82, 2.24) is 14.5 Å². The zero-order chi connectivity index (χ0) is 21.1. The molecule has 2 heterocycles. The summed E-state index contributed by atoms with van der Waals surface area (Å²) in [4.78, 5) is 22.3. The fourth-order valence-electron chi connectivity index (χ4n) is 3.49. The summed E-state index contributed by atoms with van der Waals surface area (Å²) >= 11 is 0. The molecule has 2 aromatic heterocycles. The summed E-state index contributed by atoms with van der Waals surface area (Å²) in [6.45, 7) is 2.47. The van der Waals surface area contributed by atoms with E-state index in [1.807, 2.05) is 24.3 Å². The molecule has 0 saturated carbocycles. The Bertz CT molecular complexity index is 1200. The van der Waals surface area contributed by atoms with Gasteiger partial charge in [0, 0.05) is 5.69 Å². The van der Waals surface area contributed by atoms with Crippen LogP contribution in [0.15, 0.2) is 48.5 Å². The summed E-state index contributed by atoms with van der Waals surface area (Å²) in [7, 11) is 0. The standard InChI is InChI=1S/C23H24N4O3/c1-2-3-4-7-14-30-23(29)19-20-22(26-18-9-6-5-8-17(18)25-20)27(21(19)24)15-10-12-16(28)13-11-15/h5-6,8-13,28H,2-4,7,14,24H2,1H3. The van der Waals surface area contributed by atoms with Gasteiger partial charge in [-0.2, -0.15) is 0 Å². The minimum Gasteiger partial charge on any atom is -0.508 e. The second-order valence-electron chi connectivity index (χ2n) is 7.19. The van der Waals surface area contributed by atoms with Crippen LogP contribution in [0, 0.1) is 0 Å². The lowest BCUT2D eigenvalue weighted by Crippen LogP contribution is -2.10. The number of hydrogen-bond donors (Lipinski definition) is 2. The molecule has 154 valence electrons. The topological polar surface area (TPSA) is 103 Å². The normalized spacial score (nSPS) is 11.2. The molecular formula is C23H24N4O3. The molecule has 0 aliphatic rings. The average Bonchev–Trinajstić information content (AvgIpc) is 3.03. The maximum atomic E-state index is 12.9. The molecule has 0 amide bonds. The SMILES string of the molecule is CCCCCCOC(=O)c1c(N)n(-c2ccc(O)cc2)c2nc3ccccc3nc12. The van der Waals surface area contributed by atoms with Crippen LogP contribution in [0.4, 0.5) is 5.82 Å². The Kier molecular flexibility index (Phi) is 5.52. The highest BCUT2D eigenvalue weighted by Gasteiger charge is 2.25. The number of benzene rings is 2. The van der Waals surface area contributed by atoms with E-state index in [2.05, 4.69) is 11.9 Å². The lowest BCUT2D eigenvalue weighted by atomic mass is 10.2. The number of carbonyl (C=O) groups is 1. The van der Waals surface area contributed by atoms with Gasteiger partial charge in [0.25, 0.3) is 0 Å². The third kappa shape index (κ3) is 3.66. The van der Waals surface area contributed by atoms with Crippen LogP contribution in [-0.2, 0) is 4.74 Å². The highest BCUT2D eigenvalue weighted by molar-refractivity contribution is 6.09. The Balaban J connectivity index is 1.82. The largest absolute Gasteiger partial charge is 0.508 e. The smallest absolute Gasteiger partial charge is 0.344 e. The molecule has 7 nitrogen and oxygen atoms in total. The summed E-state index contributed by atoms with van der Waals surface area (Å²) in [5.74, 6) is -0.155. The Morgan fingerprint density at radius 3 is 2.43 bits per heavy atom. The second kappa shape index (κ2) is 8.41. The molecule has 3 N–H and O–H groups in total. The van der Waals surface area contributed by atoms with E-state index in [9.17, 15) is 9.90 Å². The van der Waals surface area contributed by atoms with Gasteiger partial charge in [0.05, 0.1) is 17.6 Å². The first kappa shape index (κ1) is 19.7. The number of nitrogens with zero attached hydrogens (tertiary/aromatic N) is 3. The molecule has 0 aliphatic heterocycles. The van der Waals surface area contributed by atoms with Crippen LogP contribution >= 0.6 is 0 Å². The van der Waals surface area contributed by atoms with Gasteiger partial charge in [0.1, 0.15) is 22.6 Å². The molecule has 0 saturated heterocycles. The molecular weight excluding hydrogens is 380 g/mol. The fourth-order valence-corrected chi connectivity index (χ4v) is 3.49. The van der Waals surface area contributed by atoms with E-state index in [0.717, 1.165) is 25.7 Å². The zero-order valence-corrected chi connectivity index (χ0v) is 16.8. The predicted molar refractivity (Wildman–Crippen MR) is 117 cm³/mol. The van der Waals surface area contributed by atoms with Gasteiger partial charge in [0.15, 0.2) is 5.65 Å². The van der Waals surface area contributed by atoms with Crippen molar-refractivity contribution in [2.75, 3.05) is 12.3 Å². The minimum absolute atomic E-state index is 0.136. The third-order valence-corrected chi connectivity index (χ3v) is 5.04. The lowest BCUT2D eigenvalue weighted by molar-refractivity contribution is 0.0501. The quantitative estimate of drug-likeness (QED) is 0.345. The summed E-state index contributed by atoms with van der Waals surface area (Å²) < 4.78 is 7.17. The summed E-state index contributed by atoms with van der Waals surface area (Å²) in [5, 5.41) is 9.64. The van der Waals surface area contributed by atoms with E-state index in [-0.39, 0.29) is 17.1 Å². The number of ether oxygens (including phenoxy) is 1. The van der Waals surface area contributed by atoms with Crippen LogP contribution in [0.5, 0.6) is 5.75 Å². The average molecular weight is 404 g/mol. The first-order valence-corrected chi connectivity index (χ1v) is 10.1. The van der Waals surface area contributed by atoms with Gasteiger partial charge in [-0.1, -0.05) is 38.3 Å². The van der Waals surface area contributed by atoms with Gasteiger partial charge in [0.2, 0.25) is 0 Å². The maximum Gasteiger partial charge on any atom is 0.344 e. The zero-order valence-electron chi connectivity index (χ0n) is 16.8. The number of nitrogen functional groups attached to an aromatic ring is 1. The van der Waals surface area contributed by atoms with Gasteiger partial charge in [-0.25, -0.2) is 14.8 Å². The van der Waals surface area contributed by atoms with Crippen molar-refractivity contribution in [3.05, 3.63) is 54.1 Å². The number of aromatic nitrogens is 3. The van der Waals surface area contributed by atoms with E-state index in [1.54, 1.807) is 28.8 Å². The van der Waals surface area contributed by atoms with Crippen LogP contribution < -0.4 is 5.73 Å². The number of carbonyl (C=O) groups excluding carboxylic acids is 1. The highest BCUT2D eigenvalue weighted by atomic mass is 16.5. The van der Waals surface area contributed by atoms with Crippen molar-refractivity contribution in [3.8, 4) is 11.4 Å². The molecule has 0 unspecified atom stereocenters. The molecule has 0 spiro atoms. The Hall–Kier alpha value is -3.61. The number of anilines is 1. The van der Waals surface area contributed by atoms with Crippen molar-refractivity contribution in [3.63, 3.8) is 0 Å². The third-order valence-electron chi connectivity index (χ3n) is 5.04. The summed E-state index contributed by atoms with van der Waals surface area (Å²) in [6, 6.07) is 14.0. The van der Waals surface area contributed by atoms with Crippen molar-refractivity contribution in [2.24, 2.45) is 0 Å². The van der Waals surface area contributed by atoms with E-state index in [4.69, 9.17) is 15.5 Å². The molecule has 7 heteroatoms. The monoisotopic (exact) mass is 404 g/mol. The van der Waals surface area contributed by atoms with Crippen molar-refractivity contribution in [1.29, 1.82) is 0 Å². The van der Waals surface area contributed by atoms with Gasteiger partial charge in [-0.05, 0) is 42.8 Å². The summed E-state index contributed by atoms with van der Waals surface area (Å²) in [6.07, 6.45) is 4.05. The lowest BCUT2D eigenvalue weighted by Gasteiger charge is -2.08. The number of nitrogens with two attached hydrogens (primary N) is 1. The molecule has 30 heavy (non-hydrogen) atoms. The highest BCUT2D eigenvalue weighted by Crippen LogP contribution is 2.32. The number of unbranched alkanes of at least 4 members (excludes halogenated alkanes) is 3. The van der Waals surface area contributed by atoms with Gasteiger partial charge in [-0.3, -0.25) is 4.57 Å². The first-order chi connectivity index (χ1) is 14.6. The van der Waals surface area contributed by atoms with Crippen LogP contribution in [0.2, 0.25) is 0 Å². The molecule has 2 aromatic carbocycles.